The molecule has 0 spiro atoms. The predicted molar refractivity (Wildman–Crippen MR) is 93.0 cm³/mol. The topological polar surface area (TPSA) is 108 Å². The Balaban J connectivity index is 1.86. The van der Waals surface area contributed by atoms with Gasteiger partial charge in [0.1, 0.15) is 11.9 Å². The number of hydrogen-bond acceptors (Lipinski definition) is 5. The summed E-state index contributed by atoms with van der Waals surface area (Å²) < 4.78 is 2.18. The molecule has 0 amide bonds. The molecule has 0 fully saturated rings. The van der Waals surface area contributed by atoms with Crippen LogP contribution in [0.5, 0.6) is 0 Å². The number of aromatic nitrogens is 4. The summed E-state index contributed by atoms with van der Waals surface area (Å²) in [6, 6.07) is 11.5. The Morgan fingerprint density at radius 2 is 1.88 bits per heavy atom. The lowest BCUT2D eigenvalue weighted by Crippen LogP contribution is -2.39. The van der Waals surface area contributed by atoms with Gasteiger partial charge in [0.15, 0.2) is 5.56 Å². The minimum Gasteiger partial charge on any atom is -0.366 e. The van der Waals surface area contributed by atoms with Gasteiger partial charge in [-0.25, -0.2) is 4.79 Å². The summed E-state index contributed by atoms with van der Waals surface area (Å²) in [6.45, 7) is 0.373. The molecule has 0 radical (unpaired) electrons. The van der Waals surface area contributed by atoms with E-state index in [1.54, 1.807) is 6.20 Å². The molecule has 0 aliphatic carbocycles. The minimum atomic E-state index is -0.609. The van der Waals surface area contributed by atoms with Crippen LogP contribution in [0.4, 0.5) is 5.82 Å². The number of nitrogens with one attached hydrogen (secondary N) is 2. The van der Waals surface area contributed by atoms with Crippen molar-refractivity contribution in [1.82, 2.24) is 19.3 Å². The molecule has 25 heavy (non-hydrogen) atoms. The summed E-state index contributed by atoms with van der Waals surface area (Å²) in [5.41, 5.74) is 1.68. The van der Waals surface area contributed by atoms with Gasteiger partial charge in [-0.15, -0.1) is 0 Å². The van der Waals surface area contributed by atoms with Crippen molar-refractivity contribution in [3.05, 3.63) is 68.5 Å². The number of benzene rings is 1. The summed E-state index contributed by atoms with van der Waals surface area (Å²) in [5, 5.41) is 19.1. The number of nitriles is 1. The Bertz CT molecular complexity index is 1050. The maximum Gasteiger partial charge on any atom is 0.332 e. The fourth-order valence-electron chi connectivity index (χ4n) is 2.56. The van der Waals surface area contributed by atoms with Crippen LogP contribution in [0.15, 0.2) is 46.1 Å². The molecule has 0 aliphatic heterocycles. The Hall–Kier alpha value is -3.60. The lowest BCUT2D eigenvalue weighted by atomic mass is 10.1. The van der Waals surface area contributed by atoms with Gasteiger partial charge in [0.25, 0.3) is 5.56 Å². The lowest BCUT2D eigenvalue weighted by Gasteiger charge is -2.13. The van der Waals surface area contributed by atoms with Gasteiger partial charge in [-0.2, -0.15) is 10.4 Å². The molecule has 0 unspecified atom stereocenters. The molecule has 0 bridgehead atoms. The fourth-order valence-corrected chi connectivity index (χ4v) is 2.56. The Morgan fingerprint density at radius 1 is 1.16 bits per heavy atom. The summed E-state index contributed by atoms with van der Waals surface area (Å²) in [6.07, 6.45) is 1.69. The molecule has 126 valence electrons. The quantitative estimate of drug-likeness (QED) is 0.737. The van der Waals surface area contributed by atoms with Crippen molar-refractivity contribution in [2.45, 2.75) is 6.54 Å². The van der Waals surface area contributed by atoms with E-state index in [4.69, 9.17) is 0 Å². The van der Waals surface area contributed by atoms with Crippen LogP contribution < -0.4 is 16.6 Å². The van der Waals surface area contributed by atoms with E-state index in [0.717, 1.165) is 21.4 Å². The van der Waals surface area contributed by atoms with E-state index in [-0.39, 0.29) is 11.4 Å². The van der Waals surface area contributed by atoms with Crippen LogP contribution >= 0.6 is 0 Å². The maximum absolute atomic E-state index is 12.1. The molecule has 3 rings (SSSR count). The summed E-state index contributed by atoms with van der Waals surface area (Å²) in [5.74, 6) is 0.216. The highest BCUT2D eigenvalue weighted by atomic mass is 16.2. The number of anilines is 1. The van der Waals surface area contributed by atoms with E-state index in [2.05, 4.69) is 15.5 Å². The molecule has 0 aliphatic rings. The average Bonchev–Trinajstić information content (AvgIpc) is 3.17. The standard InChI is InChI=1S/C17H16N6O2/c1-22-15(13(9-18)16(24)23(2)17(22)25)19-10-11-3-5-12(6-4-11)14-7-8-20-21-14/h3-8,19H,10H2,1-2H3,(H,20,21). The monoisotopic (exact) mass is 336 g/mol. The van der Waals surface area contributed by atoms with Crippen LogP contribution in [0.1, 0.15) is 11.1 Å². The highest BCUT2D eigenvalue weighted by molar-refractivity contribution is 5.59. The van der Waals surface area contributed by atoms with Crippen LogP contribution in [-0.4, -0.2) is 19.3 Å². The molecular weight excluding hydrogens is 320 g/mol. The Labute approximate surface area is 143 Å². The first-order valence-electron chi connectivity index (χ1n) is 7.55. The molecule has 1 aromatic carbocycles. The SMILES string of the molecule is Cn1c(NCc2ccc(-c3ccn[nH]3)cc2)c(C#N)c(=O)n(C)c1=O. The second-order valence-electron chi connectivity index (χ2n) is 5.56. The second-order valence-corrected chi connectivity index (χ2v) is 5.56. The predicted octanol–water partition coefficient (Wildman–Crippen LogP) is 0.958. The highest BCUT2D eigenvalue weighted by Crippen LogP contribution is 2.17. The summed E-state index contributed by atoms with van der Waals surface area (Å²) in [7, 11) is 2.87. The third-order valence-electron chi connectivity index (χ3n) is 4.00. The number of H-pyrrole nitrogens is 1. The zero-order chi connectivity index (χ0) is 18.0. The second kappa shape index (κ2) is 6.49. The molecule has 8 heteroatoms. The zero-order valence-corrected chi connectivity index (χ0v) is 13.8. The van der Waals surface area contributed by atoms with E-state index >= 15 is 0 Å². The van der Waals surface area contributed by atoms with Crippen LogP contribution in [0.2, 0.25) is 0 Å². The first-order valence-corrected chi connectivity index (χ1v) is 7.55. The first kappa shape index (κ1) is 16.3. The Kier molecular flexibility index (Phi) is 4.22. The lowest BCUT2D eigenvalue weighted by molar-refractivity contribution is 0.685. The van der Waals surface area contributed by atoms with E-state index in [1.807, 2.05) is 36.4 Å². The van der Waals surface area contributed by atoms with E-state index in [0.29, 0.717) is 6.54 Å². The van der Waals surface area contributed by atoms with Crippen LogP contribution in [0, 0.1) is 11.3 Å². The van der Waals surface area contributed by atoms with Crippen LogP contribution in [-0.2, 0) is 20.6 Å². The fraction of sp³-hybridized carbons (Fsp3) is 0.176. The van der Waals surface area contributed by atoms with Crippen molar-refractivity contribution >= 4 is 5.82 Å². The molecule has 2 aromatic heterocycles. The minimum absolute atomic E-state index is 0.0846. The third-order valence-corrected chi connectivity index (χ3v) is 4.00. The van der Waals surface area contributed by atoms with Gasteiger partial charge < -0.3 is 5.32 Å². The van der Waals surface area contributed by atoms with Crippen molar-refractivity contribution in [3.63, 3.8) is 0 Å². The van der Waals surface area contributed by atoms with Gasteiger partial charge >= 0.3 is 5.69 Å². The van der Waals surface area contributed by atoms with Crippen molar-refractivity contribution in [2.75, 3.05) is 5.32 Å². The maximum atomic E-state index is 12.1. The van der Waals surface area contributed by atoms with Gasteiger partial charge in [0, 0.05) is 26.8 Å². The number of nitrogens with zero attached hydrogens (tertiary/aromatic N) is 4. The van der Waals surface area contributed by atoms with Gasteiger partial charge in [-0.3, -0.25) is 19.0 Å². The highest BCUT2D eigenvalue weighted by Gasteiger charge is 2.15. The van der Waals surface area contributed by atoms with Crippen LogP contribution in [0.25, 0.3) is 11.3 Å². The molecule has 0 atom stereocenters. The number of rotatable bonds is 4. The molecular formula is C17H16N6O2. The van der Waals surface area contributed by atoms with Gasteiger partial charge in [0.05, 0.1) is 5.69 Å². The van der Waals surface area contributed by atoms with E-state index in [9.17, 15) is 14.9 Å². The van der Waals surface area contributed by atoms with E-state index < -0.39 is 11.2 Å². The third kappa shape index (κ3) is 2.95. The van der Waals surface area contributed by atoms with Gasteiger partial charge in [-0.05, 0) is 17.2 Å². The zero-order valence-electron chi connectivity index (χ0n) is 13.8. The molecule has 3 aromatic rings. The summed E-state index contributed by atoms with van der Waals surface area (Å²) in [4.78, 5) is 24.1. The van der Waals surface area contributed by atoms with E-state index in [1.165, 1.54) is 18.7 Å². The van der Waals surface area contributed by atoms with Crippen molar-refractivity contribution in [3.8, 4) is 17.3 Å². The number of aromatic amines is 1. The molecule has 0 saturated heterocycles. The van der Waals surface area contributed by atoms with Crippen LogP contribution in [0.3, 0.4) is 0 Å². The molecule has 0 saturated carbocycles. The first-order chi connectivity index (χ1) is 12.0. The molecule has 2 N–H and O–H groups in total. The Morgan fingerprint density at radius 3 is 2.48 bits per heavy atom. The van der Waals surface area contributed by atoms with Crippen molar-refractivity contribution < 1.29 is 0 Å². The number of hydrogen-bond donors (Lipinski definition) is 2. The van der Waals surface area contributed by atoms with Crippen molar-refractivity contribution in [1.29, 1.82) is 5.26 Å². The largest absolute Gasteiger partial charge is 0.366 e. The van der Waals surface area contributed by atoms with Gasteiger partial charge in [-0.1, -0.05) is 24.3 Å². The normalized spacial score (nSPS) is 10.4. The average molecular weight is 336 g/mol. The molecule has 2 heterocycles. The summed E-state index contributed by atoms with van der Waals surface area (Å²) >= 11 is 0. The van der Waals surface area contributed by atoms with Crippen molar-refractivity contribution in [2.24, 2.45) is 14.1 Å². The molecule has 8 nitrogen and oxygen atoms in total. The smallest absolute Gasteiger partial charge is 0.332 e. The van der Waals surface area contributed by atoms with Gasteiger partial charge in [0.2, 0.25) is 0 Å².